The number of nitrogens with one attached hydrogen (secondary N) is 2. The van der Waals surface area contributed by atoms with Gasteiger partial charge in [-0.3, -0.25) is 10.1 Å². The van der Waals surface area contributed by atoms with Crippen molar-refractivity contribution in [1.82, 2.24) is 0 Å². The molecule has 0 fully saturated rings. The first-order valence-electron chi connectivity index (χ1n) is 6.25. The average Bonchev–Trinajstić information content (AvgIpc) is 2.46. The van der Waals surface area contributed by atoms with Gasteiger partial charge in [0.25, 0.3) is 5.69 Å². The summed E-state index contributed by atoms with van der Waals surface area (Å²) >= 11 is 4.99. The molecule has 0 unspecified atom stereocenters. The lowest BCUT2D eigenvalue weighted by Crippen LogP contribution is -2.19. The fourth-order valence-electron chi connectivity index (χ4n) is 1.76. The summed E-state index contributed by atoms with van der Waals surface area (Å²) in [5, 5.41) is 16.0. The summed E-state index contributed by atoms with van der Waals surface area (Å²) in [6.07, 6.45) is -4.45. The summed E-state index contributed by atoms with van der Waals surface area (Å²) in [7, 11) is 0. The Morgan fingerprint density at radius 2 is 1.61 bits per heavy atom. The molecule has 0 aliphatic rings. The molecule has 0 aliphatic carbocycles. The van der Waals surface area contributed by atoms with Crippen molar-refractivity contribution in [3.05, 3.63) is 64.2 Å². The Morgan fingerprint density at radius 3 is 2.17 bits per heavy atom. The molecule has 0 saturated heterocycles. The van der Waals surface area contributed by atoms with Gasteiger partial charge in [-0.25, -0.2) is 0 Å². The Morgan fingerprint density at radius 1 is 1.04 bits per heavy atom. The number of nitro groups is 1. The number of halogens is 3. The molecule has 2 aromatic carbocycles. The molecule has 9 heteroatoms. The maximum absolute atomic E-state index is 12.6. The van der Waals surface area contributed by atoms with Gasteiger partial charge in [-0.1, -0.05) is 12.1 Å². The van der Waals surface area contributed by atoms with Crippen molar-refractivity contribution >= 4 is 34.4 Å². The van der Waals surface area contributed by atoms with Crippen LogP contribution in [-0.2, 0) is 6.18 Å². The summed E-state index contributed by atoms with van der Waals surface area (Å²) in [5.74, 6) is 0. The maximum atomic E-state index is 12.6. The molecular formula is C14H10F3N3O2S. The number of hydrogen-bond donors (Lipinski definition) is 2. The number of nitrogens with zero attached hydrogens (tertiary/aromatic N) is 1. The summed E-state index contributed by atoms with van der Waals surface area (Å²) in [6, 6.07) is 10.1. The third-order valence-corrected chi connectivity index (χ3v) is 2.97. The predicted molar refractivity (Wildman–Crippen MR) is 84.4 cm³/mol. The summed E-state index contributed by atoms with van der Waals surface area (Å²) in [4.78, 5) is 10.1. The summed E-state index contributed by atoms with van der Waals surface area (Å²) in [6.45, 7) is 0. The predicted octanol–water partition coefficient (Wildman–Crippen LogP) is 4.42. The molecule has 0 spiro atoms. The molecule has 0 atom stereocenters. The number of rotatable bonds is 3. The quantitative estimate of drug-likeness (QED) is 0.491. The fraction of sp³-hybridized carbons (Fsp3) is 0.0714. The summed E-state index contributed by atoms with van der Waals surface area (Å²) < 4.78 is 37.9. The van der Waals surface area contributed by atoms with Gasteiger partial charge >= 0.3 is 6.18 Å². The van der Waals surface area contributed by atoms with Crippen molar-refractivity contribution in [2.45, 2.75) is 6.18 Å². The standard InChI is InChI=1S/C14H10F3N3O2S/c15-14(16,17)9-3-1-4-10(7-9)18-13(23)19-11-5-2-6-12(8-11)20(21)22/h1-8H,(H2,18,19,23). The molecular weight excluding hydrogens is 331 g/mol. The van der Waals surface area contributed by atoms with E-state index in [-0.39, 0.29) is 16.5 Å². The Balaban J connectivity index is 2.08. The zero-order valence-corrected chi connectivity index (χ0v) is 12.2. The van der Waals surface area contributed by atoms with E-state index in [1.807, 2.05) is 0 Å². The van der Waals surface area contributed by atoms with Gasteiger partial charge in [0, 0.05) is 23.5 Å². The SMILES string of the molecule is O=[N+]([O-])c1cccc(NC(=S)Nc2cccc(C(F)(F)F)c2)c1. The van der Waals surface area contributed by atoms with E-state index in [0.29, 0.717) is 5.69 Å². The van der Waals surface area contributed by atoms with Gasteiger partial charge in [0.2, 0.25) is 0 Å². The van der Waals surface area contributed by atoms with Crippen LogP contribution in [-0.4, -0.2) is 10.0 Å². The maximum Gasteiger partial charge on any atom is 0.416 e. The minimum atomic E-state index is -4.45. The van der Waals surface area contributed by atoms with Gasteiger partial charge < -0.3 is 10.6 Å². The van der Waals surface area contributed by atoms with E-state index >= 15 is 0 Å². The molecule has 0 bridgehead atoms. The van der Waals surface area contributed by atoms with Crippen LogP contribution in [0.2, 0.25) is 0 Å². The lowest BCUT2D eigenvalue weighted by atomic mass is 10.2. The van der Waals surface area contributed by atoms with E-state index in [2.05, 4.69) is 10.6 Å². The van der Waals surface area contributed by atoms with Crippen LogP contribution < -0.4 is 10.6 Å². The van der Waals surface area contributed by atoms with E-state index in [1.165, 1.54) is 30.3 Å². The van der Waals surface area contributed by atoms with Gasteiger partial charge in [-0.2, -0.15) is 13.2 Å². The molecule has 0 heterocycles. The van der Waals surface area contributed by atoms with Gasteiger partial charge in [0.15, 0.2) is 5.11 Å². The Labute approximate surface area is 134 Å². The van der Waals surface area contributed by atoms with Crippen molar-refractivity contribution in [1.29, 1.82) is 0 Å². The van der Waals surface area contributed by atoms with Gasteiger partial charge in [-0.15, -0.1) is 0 Å². The first-order valence-corrected chi connectivity index (χ1v) is 6.66. The molecule has 0 amide bonds. The molecule has 2 N–H and O–H groups in total. The second-order valence-electron chi connectivity index (χ2n) is 4.47. The van der Waals surface area contributed by atoms with Crippen LogP contribution in [0.1, 0.15) is 5.56 Å². The van der Waals surface area contributed by atoms with E-state index < -0.39 is 16.7 Å². The van der Waals surface area contributed by atoms with Gasteiger partial charge in [0.1, 0.15) is 0 Å². The number of benzene rings is 2. The number of thiocarbonyl (C=S) groups is 1. The van der Waals surface area contributed by atoms with Crippen LogP contribution >= 0.6 is 12.2 Å². The third-order valence-electron chi connectivity index (χ3n) is 2.76. The van der Waals surface area contributed by atoms with Gasteiger partial charge in [-0.05, 0) is 36.5 Å². The third kappa shape index (κ3) is 4.65. The zero-order valence-electron chi connectivity index (χ0n) is 11.4. The average molecular weight is 341 g/mol. The first-order chi connectivity index (χ1) is 10.8. The minimum absolute atomic E-state index is 0.0184. The number of nitro benzene ring substituents is 1. The van der Waals surface area contributed by atoms with E-state index in [9.17, 15) is 23.3 Å². The summed E-state index contributed by atoms with van der Waals surface area (Å²) in [5.41, 5.74) is -0.427. The topological polar surface area (TPSA) is 67.2 Å². The fourth-order valence-corrected chi connectivity index (χ4v) is 2.00. The Kier molecular flexibility index (Phi) is 4.80. The van der Waals surface area contributed by atoms with Crippen LogP contribution in [0.3, 0.4) is 0 Å². The zero-order chi connectivity index (χ0) is 17.0. The van der Waals surface area contributed by atoms with Crippen LogP contribution in [0, 0.1) is 10.1 Å². The molecule has 23 heavy (non-hydrogen) atoms. The van der Waals surface area contributed by atoms with Crippen molar-refractivity contribution in [2.24, 2.45) is 0 Å². The lowest BCUT2D eigenvalue weighted by Gasteiger charge is -2.12. The van der Waals surface area contributed by atoms with E-state index in [0.717, 1.165) is 12.1 Å². The molecule has 0 saturated carbocycles. The Bertz CT molecular complexity index is 750. The number of alkyl halides is 3. The molecule has 2 rings (SSSR count). The van der Waals surface area contributed by atoms with Crippen molar-refractivity contribution in [3.8, 4) is 0 Å². The number of hydrogen-bond acceptors (Lipinski definition) is 3. The van der Waals surface area contributed by atoms with Gasteiger partial charge in [0.05, 0.1) is 10.5 Å². The molecule has 5 nitrogen and oxygen atoms in total. The van der Waals surface area contributed by atoms with Crippen molar-refractivity contribution in [2.75, 3.05) is 10.6 Å². The first kappa shape index (κ1) is 16.7. The highest BCUT2D eigenvalue weighted by molar-refractivity contribution is 7.80. The molecule has 2 aromatic rings. The van der Waals surface area contributed by atoms with Crippen LogP contribution in [0.15, 0.2) is 48.5 Å². The Hall–Kier alpha value is -2.68. The molecule has 0 aromatic heterocycles. The normalized spacial score (nSPS) is 10.9. The van der Waals surface area contributed by atoms with Crippen molar-refractivity contribution in [3.63, 3.8) is 0 Å². The highest BCUT2D eigenvalue weighted by Gasteiger charge is 2.30. The monoisotopic (exact) mass is 341 g/mol. The molecule has 0 aliphatic heterocycles. The molecule has 0 radical (unpaired) electrons. The second kappa shape index (κ2) is 6.61. The second-order valence-corrected chi connectivity index (χ2v) is 4.87. The highest BCUT2D eigenvalue weighted by Crippen LogP contribution is 2.30. The van der Waals surface area contributed by atoms with Crippen LogP contribution in [0.5, 0.6) is 0 Å². The molecule has 120 valence electrons. The largest absolute Gasteiger partial charge is 0.416 e. The lowest BCUT2D eigenvalue weighted by molar-refractivity contribution is -0.384. The highest BCUT2D eigenvalue weighted by atomic mass is 32.1. The van der Waals surface area contributed by atoms with Crippen molar-refractivity contribution < 1.29 is 18.1 Å². The van der Waals surface area contributed by atoms with Crippen LogP contribution in [0.25, 0.3) is 0 Å². The minimum Gasteiger partial charge on any atom is -0.332 e. The number of non-ortho nitro benzene ring substituents is 1. The van der Waals surface area contributed by atoms with E-state index in [1.54, 1.807) is 6.07 Å². The smallest absolute Gasteiger partial charge is 0.332 e. The van der Waals surface area contributed by atoms with E-state index in [4.69, 9.17) is 12.2 Å². The van der Waals surface area contributed by atoms with Crippen LogP contribution in [0.4, 0.5) is 30.2 Å². The number of anilines is 2.